The van der Waals surface area contributed by atoms with Crippen molar-refractivity contribution >= 4 is 23.4 Å². The van der Waals surface area contributed by atoms with Gasteiger partial charge in [0.2, 0.25) is 11.1 Å². The third-order valence-corrected chi connectivity index (χ3v) is 5.50. The molecule has 1 aliphatic carbocycles. The highest BCUT2D eigenvalue weighted by atomic mass is 32.2. The van der Waals surface area contributed by atoms with Crippen molar-refractivity contribution in [1.82, 2.24) is 14.8 Å². The molecule has 0 spiro atoms. The van der Waals surface area contributed by atoms with E-state index in [0.29, 0.717) is 22.5 Å². The Morgan fingerprint density at radius 3 is 2.71 bits per heavy atom. The average Bonchev–Trinajstić information content (AvgIpc) is 3.49. The molecule has 1 aromatic heterocycles. The third kappa shape index (κ3) is 4.20. The van der Waals surface area contributed by atoms with Crippen molar-refractivity contribution in [2.45, 2.75) is 36.1 Å². The molecule has 4 rings (SSSR count). The van der Waals surface area contributed by atoms with Gasteiger partial charge < -0.3 is 10.1 Å². The lowest BCUT2D eigenvalue weighted by molar-refractivity contribution is -0.115. The highest BCUT2D eigenvalue weighted by Crippen LogP contribution is 2.40. The summed E-state index contributed by atoms with van der Waals surface area (Å²) in [5.41, 5.74) is 1.70. The molecule has 144 valence electrons. The lowest BCUT2D eigenvalue weighted by Gasteiger charge is -2.11. The minimum Gasteiger partial charge on any atom is -0.497 e. The van der Waals surface area contributed by atoms with Crippen LogP contribution < -0.4 is 10.1 Å². The maximum atomic E-state index is 12.6. The van der Waals surface area contributed by atoms with Crippen LogP contribution in [-0.4, -0.2) is 33.0 Å². The number of nitrogens with one attached hydrogen (secondary N) is 1. The van der Waals surface area contributed by atoms with Gasteiger partial charge in [0, 0.05) is 17.7 Å². The van der Waals surface area contributed by atoms with Crippen LogP contribution in [0, 0.1) is 0 Å². The van der Waals surface area contributed by atoms with Gasteiger partial charge in [-0.1, -0.05) is 36.0 Å². The molecule has 0 unspecified atom stereocenters. The van der Waals surface area contributed by atoms with Gasteiger partial charge in [-0.25, -0.2) is 9.67 Å². The largest absolute Gasteiger partial charge is 0.497 e. The summed E-state index contributed by atoms with van der Waals surface area (Å²) < 4.78 is 7.11. The Labute approximate surface area is 168 Å². The molecule has 1 N–H and O–H groups in total. The Morgan fingerprint density at radius 2 is 2.00 bits per heavy atom. The summed E-state index contributed by atoms with van der Waals surface area (Å²) in [4.78, 5) is 17.3. The van der Waals surface area contributed by atoms with Crippen molar-refractivity contribution in [3.8, 4) is 11.4 Å². The molecule has 6 nitrogen and oxygen atoms in total. The Balaban J connectivity index is 1.48. The maximum Gasteiger partial charge on any atom is 0.237 e. The molecular formula is C21H22N4O2S. The smallest absolute Gasteiger partial charge is 0.237 e. The summed E-state index contributed by atoms with van der Waals surface area (Å²) in [6, 6.07) is 17.3. The van der Waals surface area contributed by atoms with Crippen LogP contribution in [-0.2, 0) is 4.79 Å². The topological polar surface area (TPSA) is 69.0 Å². The van der Waals surface area contributed by atoms with Gasteiger partial charge in [-0.15, -0.1) is 5.10 Å². The molecule has 0 bridgehead atoms. The van der Waals surface area contributed by atoms with E-state index in [-0.39, 0.29) is 11.2 Å². The van der Waals surface area contributed by atoms with Crippen molar-refractivity contribution in [2.24, 2.45) is 0 Å². The molecule has 7 heteroatoms. The maximum absolute atomic E-state index is 12.6. The van der Waals surface area contributed by atoms with Crippen molar-refractivity contribution in [3.63, 3.8) is 0 Å². The highest BCUT2D eigenvalue weighted by molar-refractivity contribution is 8.00. The molecule has 3 aromatic rings. The van der Waals surface area contributed by atoms with Crippen LogP contribution in [0.3, 0.4) is 0 Å². The lowest BCUT2D eigenvalue weighted by Crippen LogP contribution is -2.22. The number of carbonyl (C=O) groups excluding carboxylic acids is 1. The van der Waals surface area contributed by atoms with Crippen LogP contribution >= 0.6 is 11.8 Å². The van der Waals surface area contributed by atoms with E-state index in [9.17, 15) is 4.79 Å². The number of hydrogen-bond acceptors (Lipinski definition) is 5. The molecule has 1 saturated carbocycles. The first kappa shape index (κ1) is 18.6. The molecule has 28 heavy (non-hydrogen) atoms. The van der Waals surface area contributed by atoms with Gasteiger partial charge in [0.1, 0.15) is 11.6 Å². The Kier molecular flexibility index (Phi) is 5.34. The van der Waals surface area contributed by atoms with Gasteiger partial charge >= 0.3 is 0 Å². The summed E-state index contributed by atoms with van der Waals surface area (Å²) in [6.07, 6.45) is 2.28. The standard InChI is InChI=1S/C21H22N4O2S/c1-14(20(26)22-16-7-6-10-18(13-16)27-2)28-21-23-19(15-11-12-15)25(24-21)17-8-4-3-5-9-17/h3-10,13-15H,11-12H2,1-2H3,(H,22,26)/t14-/m0/s1. The monoisotopic (exact) mass is 394 g/mol. The summed E-state index contributed by atoms with van der Waals surface area (Å²) in [5.74, 6) is 2.05. The predicted octanol–water partition coefficient (Wildman–Crippen LogP) is 4.27. The first-order valence-electron chi connectivity index (χ1n) is 9.28. The molecule has 1 atom stereocenters. The zero-order chi connectivity index (χ0) is 19.5. The fraction of sp³-hybridized carbons (Fsp3) is 0.286. The average molecular weight is 395 g/mol. The highest BCUT2D eigenvalue weighted by Gasteiger charge is 2.31. The Morgan fingerprint density at radius 1 is 1.21 bits per heavy atom. The van der Waals surface area contributed by atoms with E-state index in [1.54, 1.807) is 13.2 Å². The molecule has 0 radical (unpaired) electrons. The van der Waals surface area contributed by atoms with Crippen molar-refractivity contribution < 1.29 is 9.53 Å². The first-order valence-corrected chi connectivity index (χ1v) is 10.2. The van der Waals surface area contributed by atoms with E-state index in [2.05, 4.69) is 10.4 Å². The number of rotatable bonds is 7. The number of para-hydroxylation sites is 1. The van der Waals surface area contributed by atoms with Crippen molar-refractivity contribution in [2.75, 3.05) is 12.4 Å². The van der Waals surface area contributed by atoms with Gasteiger partial charge in [-0.05, 0) is 44.0 Å². The van der Waals surface area contributed by atoms with Crippen LogP contribution in [0.1, 0.15) is 31.5 Å². The molecule has 1 aliphatic rings. The number of aromatic nitrogens is 3. The summed E-state index contributed by atoms with van der Waals surface area (Å²) in [5, 5.41) is 7.89. The minimum absolute atomic E-state index is 0.0951. The second-order valence-corrected chi connectivity index (χ2v) is 8.06. The molecular weight excluding hydrogens is 372 g/mol. The third-order valence-electron chi connectivity index (χ3n) is 4.54. The zero-order valence-electron chi connectivity index (χ0n) is 15.8. The van der Waals surface area contributed by atoms with E-state index in [4.69, 9.17) is 9.72 Å². The number of amides is 1. The van der Waals surface area contributed by atoms with E-state index < -0.39 is 0 Å². The Bertz CT molecular complexity index is 970. The lowest BCUT2D eigenvalue weighted by atomic mass is 10.3. The van der Waals surface area contributed by atoms with Gasteiger partial charge in [0.05, 0.1) is 18.0 Å². The normalized spacial score (nSPS) is 14.5. The SMILES string of the molecule is COc1cccc(NC(=O)[C@H](C)Sc2nc(C3CC3)n(-c3ccccc3)n2)c1. The Hall–Kier alpha value is -2.80. The number of carbonyl (C=O) groups is 1. The van der Waals surface area contributed by atoms with Crippen LogP contribution in [0.4, 0.5) is 5.69 Å². The van der Waals surface area contributed by atoms with Gasteiger partial charge in [-0.3, -0.25) is 4.79 Å². The number of anilines is 1. The van der Waals surface area contributed by atoms with Crippen LogP contribution in [0.25, 0.3) is 5.69 Å². The van der Waals surface area contributed by atoms with Gasteiger partial charge in [0.25, 0.3) is 0 Å². The first-order chi connectivity index (χ1) is 13.6. The van der Waals surface area contributed by atoms with Crippen LogP contribution in [0.2, 0.25) is 0 Å². The van der Waals surface area contributed by atoms with Crippen LogP contribution in [0.5, 0.6) is 5.75 Å². The summed E-state index contributed by atoms with van der Waals surface area (Å²) >= 11 is 1.37. The molecule has 2 aromatic carbocycles. The minimum atomic E-state index is -0.329. The number of nitrogens with zero attached hydrogens (tertiary/aromatic N) is 3. The van der Waals surface area contributed by atoms with Crippen molar-refractivity contribution in [3.05, 3.63) is 60.4 Å². The fourth-order valence-corrected chi connectivity index (χ4v) is 3.63. The number of hydrogen-bond donors (Lipinski definition) is 1. The van der Waals surface area contributed by atoms with Crippen molar-refractivity contribution in [1.29, 1.82) is 0 Å². The molecule has 1 amide bonds. The molecule has 0 saturated heterocycles. The van der Waals surface area contributed by atoms with E-state index in [0.717, 1.165) is 24.4 Å². The van der Waals surface area contributed by atoms with E-state index in [1.165, 1.54) is 11.8 Å². The van der Waals surface area contributed by atoms with Gasteiger partial charge in [0.15, 0.2) is 0 Å². The van der Waals surface area contributed by atoms with Gasteiger partial charge in [-0.2, -0.15) is 0 Å². The summed E-state index contributed by atoms with van der Waals surface area (Å²) in [6.45, 7) is 1.86. The quantitative estimate of drug-likeness (QED) is 0.606. The van der Waals surface area contributed by atoms with Crippen LogP contribution in [0.15, 0.2) is 59.8 Å². The molecule has 1 fully saturated rings. The van der Waals surface area contributed by atoms with E-state index in [1.807, 2.05) is 60.1 Å². The zero-order valence-corrected chi connectivity index (χ0v) is 16.6. The second-order valence-electron chi connectivity index (χ2n) is 6.76. The molecule has 0 aliphatic heterocycles. The number of thioether (sulfide) groups is 1. The number of methoxy groups -OCH3 is 1. The number of benzene rings is 2. The summed E-state index contributed by atoms with van der Waals surface area (Å²) in [7, 11) is 1.60. The second kappa shape index (κ2) is 8.06. The predicted molar refractivity (Wildman–Crippen MR) is 110 cm³/mol. The van der Waals surface area contributed by atoms with E-state index >= 15 is 0 Å². The molecule has 1 heterocycles. The number of ether oxygens (including phenoxy) is 1. The fourth-order valence-electron chi connectivity index (χ4n) is 2.88.